The fourth-order valence-electron chi connectivity index (χ4n) is 8.37. The predicted molar refractivity (Wildman–Crippen MR) is 235 cm³/mol. The summed E-state index contributed by atoms with van der Waals surface area (Å²) in [6, 6.07) is 59.1. The third-order valence-corrected chi connectivity index (χ3v) is 11.2. The Morgan fingerprint density at radius 2 is 0.881 bits per heavy atom. The maximum Gasteiger partial charge on any atom is 0.416 e. The van der Waals surface area contributed by atoms with Crippen LogP contribution in [-0.2, 0) is 6.18 Å². The van der Waals surface area contributed by atoms with E-state index in [2.05, 4.69) is 103 Å². The van der Waals surface area contributed by atoms with E-state index in [-0.39, 0.29) is 0 Å². The Kier molecular flexibility index (Phi) is 7.82. The summed E-state index contributed by atoms with van der Waals surface area (Å²) in [5, 5.41) is 8.00. The molecule has 0 saturated heterocycles. The Balaban J connectivity index is 1.02. The minimum Gasteiger partial charge on any atom is -0.456 e. The van der Waals surface area contributed by atoms with Gasteiger partial charge < -0.3 is 18.6 Å². The number of fused-ring (bicyclic) bond motifs is 9. The SMILES string of the molecule is Cc1ccc(N(c2ccccc2)c2ccc3cc4c(cc3c2)oc2c4ccc3oc4cc5cc(N(c6ccccc6)c6ccc(C(F)(F)F)cc6)ccc5cc4c32)cc1. The number of benzene rings is 9. The van der Waals surface area contributed by atoms with Gasteiger partial charge in [-0.1, -0.05) is 66.2 Å². The van der Waals surface area contributed by atoms with Crippen molar-refractivity contribution >= 4 is 99.5 Å². The van der Waals surface area contributed by atoms with Crippen molar-refractivity contribution in [3.05, 3.63) is 193 Å². The number of anilines is 6. The van der Waals surface area contributed by atoms with Crippen LogP contribution in [-0.4, -0.2) is 0 Å². The molecule has 9 aromatic carbocycles. The molecule has 11 rings (SSSR count). The highest BCUT2D eigenvalue weighted by Gasteiger charge is 2.30. The number of hydrogen-bond donors (Lipinski definition) is 0. The minimum atomic E-state index is -4.42. The molecule has 2 heterocycles. The zero-order chi connectivity index (χ0) is 39.8. The van der Waals surface area contributed by atoms with Gasteiger partial charge in [-0.15, -0.1) is 0 Å². The number of halogens is 3. The van der Waals surface area contributed by atoms with E-state index in [9.17, 15) is 13.2 Å². The first-order chi connectivity index (χ1) is 28.7. The van der Waals surface area contributed by atoms with Crippen LogP contribution in [0.3, 0.4) is 0 Å². The Bertz CT molecular complexity index is 3370. The van der Waals surface area contributed by atoms with Gasteiger partial charge in [0.2, 0.25) is 0 Å². The number of hydrogen-bond acceptors (Lipinski definition) is 4. The molecule has 0 fully saturated rings. The largest absolute Gasteiger partial charge is 0.456 e. The van der Waals surface area contributed by atoms with Crippen LogP contribution in [0, 0.1) is 6.92 Å². The van der Waals surface area contributed by atoms with Crippen molar-refractivity contribution in [1.29, 1.82) is 0 Å². The van der Waals surface area contributed by atoms with Crippen LogP contribution in [0.1, 0.15) is 11.1 Å². The number of rotatable bonds is 6. The second-order valence-electron chi connectivity index (χ2n) is 15.0. The van der Waals surface area contributed by atoms with E-state index < -0.39 is 11.7 Å². The van der Waals surface area contributed by atoms with Gasteiger partial charge in [-0.3, -0.25) is 0 Å². The zero-order valence-corrected chi connectivity index (χ0v) is 31.7. The first-order valence-electron chi connectivity index (χ1n) is 19.4. The molecule has 2 aromatic heterocycles. The van der Waals surface area contributed by atoms with Gasteiger partial charge in [0.15, 0.2) is 0 Å². The lowest BCUT2D eigenvalue weighted by Crippen LogP contribution is -2.11. The van der Waals surface area contributed by atoms with Crippen LogP contribution in [0.25, 0.3) is 65.4 Å². The van der Waals surface area contributed by atoms with Crippen molar-refractivity contribution in [2.24, 2.45) is 0 Å². The summed E-state index contributed by atoms with van der Waals surface area (Å²) in [6.45, 7) is 2.10. The molecule has 11 aromatic rings. The molecule has 0 amide bonds. The molecule has 0 saturated carbocycles. The molecular formula is C52H33F3N2O2. The fraction of sp³-hybridized carbons (Fsp3) is 0.0385. The van der Waals surface area contributed by atoms with Gasteiger partial charge in [-0.2, -0.15) is 13.2 Å². The molecule has 4 nitrogen and oxygen atoms in total. The summed E-state index contributed by atoms with van der Waals surface area (Å²) in [5.41, 5.74) is 8.97. The Hall–Kier alpha value is -7.51. The summed E-state index contributed by atoms with van der Waals surface area (Å²) in [4.78, 5) is 4.22. The number of alkyl halides is 3. The fourth-order valence-corrected chi connectivity index (χ4v) is 8.37. The van der Waals surface area contributed by atoms with Gasteiger partial charge in [0.25, 0.3) is 0 Å². The van der Waals surface area contributed by atoms with Gasteiger partial charge in [-0.05, 0) is 150 Å². The molecule has 0 radical (unpaired) electrons. The van der Waals surface area contributed by atoms with Crippen LogP contribution in [0.15, 0.2) is 191 Å². The Morgan fingerprint density at radius 1 is 0.390 bits per heavy atom. The van der Waals surface area contributed by atoms with Gasteiger partial charge in [-0.25, -0.2) is 0 Å². The van der Waals surface area contributed by atoms with Crippen molar-refractivity contribution in [1.82, 2.24) is 0 Å². The van der Waals surface area contributed by atoms with Crippen molar-refractivity contribution in [3.8, 4) is 0 Å². The molecule has 59 heavy (non-hydrogen) atoms. The molecule has 7 heteroatoms. The predicted octanol–water partition coefficient (Wildman–Crippen LogP) is 16.1. The summed E-state index contributed by atoms with van der Waals surface area (Å²) in [6.07, 6.45) is -4.42. The van der Waals surface area contributed by atoms with Crippen LogP contribution >= 0.6 is 0 Å². The summed E-state index contributed by atoms with van der Waals surface area (Å²) >= 11 is 0. The van der Waals surface area contributed by atoms with E-state index in [1.807, 2.05) is 71.6 Å². The lowest BCUT2D eigenvalue weighted by molar-refractivity contribution is -0.137. The van der Waals surface area contributed by atoms with Crippen molar-refractivity contribution in [2.45, 2.75) is 13.1 Å². The van der Waals surface area contributed by atoms with Crippen LogP contribution in [0.5, 0.6) is 0 Å². The van der Waals surface area contributed by atoms with Crippen molar-refractivity contribution < 1.29 is 22.0 Å². The third-order valence-electron chi connectivity index (χ3n) is 11.2. The monoisotopic (exact) mass is 774 g/mol. The minimum absolute atomic E-state index is 0.615. The summed E-state index contributed by atoms with van der Waals surface area (Å²) in [7, 11) is 0. The van der Waals surface area contributed by atoms with E-state index in [0.717, 1.165) is 100 Å². The van der Waals surface area contributed by atoms with Crippen LogP contribution in [0.2, 0.25) is 0 Å². The zero-order valence-electron chi connectivity index (χ0n) is 31.7. The molecule has 284 valence electrons. The topological polar surface area (TPSA) is 32.8 Å². The molecule has 0 bridgehead atoms. The lowest BCUT2D eigenvalue weighted by atomic mass is 10.0. The normalized spacial score (nSPS) is 12.1. The molecule has 0 atom stereocenters. The maximum atomic E-state index is 13.5. The van der Waals surface area contributed by atoms with E-state index in [4.69, 9.17) is 8.83 Å². The first-order valence-corrected chi connectivity index (χ1v) is 19.4. The molecule has 0 aliphatic carbocycles. The summed E-state index contributed by atoms with van der Waals surface area (Å²) in [5.74, 6) is 0. The van der Waals surface area contributed by atoms with E-state index >= 15 is 0 Å². The molecule has 0 aliphatic heterocycles. The van der Waals surface area contributed by atoms with Gasteiger partial charge >= 0.3 is 6.18 Å². The average Bonchev–Trinajstić information content (AvgIpc) is 3.80. The Morgan fingerprint density at radius 3 is 1.44 bits per heavy atom. The second kappa shape index (κ2) is 13.3. The third kappa shape index (κ3) is 5.93. The van der Waals surface area contributed by atoms with Crippen LogP contribution < -0.4 is 9.80 Å². The number of nitrogens with zero attached hydrogens (tertiary/aromatic N) is 2. The highest BCUT2D eigenvalue weighted by molar-refractivity contribution is 6.24. The first kappa shape index (κ1) is 34.7. The van der Waals surface area contributed by atoms with E-state index in [1.165, 1.54) is 17.7 Å². The van der Waals surface area contributed by atoms with Crippen LogP contribution in [0.4, 0.5) is 47.3 Å². The molecule has 0 spiro atoms. The highest BCUT2D eigenvalue weighted by Crippen LogP contribution is 2.44. The second-order valence-corrected chi connectivity index (χ2v) is 15.0. The van der Waals surface area contributed by atoms with Gasteiger partial charge in [0.1, 0.15) is 22.3 Å². The molecule has 0 N–H and O–H groups in total. The van der Waals surface area contributed by atoms with E-state index in [0.29, 0.717) is 11.3 Å². The standard InChI is InChI=1S/C52H33F3N2O2/c1-32-12-18-40(19-13-32)56(38-8-4-2-5-9-38)42-20-14-33-28-45-44-24-25-47-50(51(44)59-48(45)30-35(33)26-42)46-29-34-15-21-43(27-36(34)31-49(46)58-47)57(39-10-6-3-7-11-39)41-22-16-37(17-23-41)52(53,54)55/h2-31H,1H3. The number of para-hydroxylation sites is 2. The average molecular weight is 775 g/mol. The molecular weight excluding hydrogens is 742 g/mol. The lowest BCUT2D eigenvalue weighted by Gasteiger charge is -2.26. The van der Waals surface area contributed by atoms with Gasteiger partial charge in [0.05, 0.1) is 10.9 Å². The van der Waals surface area contributed by atoms with Gasteiger partial charge in [0, 0.05) is 50.3 Å². The van der Waals surface area contributed by atoms with Crippen molar-refractivity contribution in [3.63, 3.8) is 0 Å². The maximum absolute atomic E-state index is 13.5. The van der Waals surface area contributed by atoms with E-state index in [1.54, 1.807) is 0 Å². The number of furan rings is 2. The molecule has 0 aliphatic rings. The smallest absolute Gasteiger partial charge is 0.416 e. The Labute approximate surface area is 336 Å². The molecule has 0 unspecified atom stereocenters. The number of aryl methyl sites for hydroxylation is 1. The van der Waals surface area contributed by atoms with Crippen molar-refractivity contribution in [2.75, 3.05) is 9.80 Å². The quantitative estimate of drug-likeness (QED) is 0.168. The summed E-state index contributed by atoms with van der Waals surface area (Å²) < 4.78 is 53.6. The highest BCUT2D eigenvalue weighted by atomic mass is 19.4.